The first-order valence-electron chi connectivity index (χ1n) is 6.99. The van der Waals surface area contributed by atoms with Gasteiger partial charge in [0.15, 0.2) is 0 Å². The Hall–Kier alpha value is -1.55. The molecule has 0 aliphatic carbocycles. The first kappa shape index (κ1) is 15.8. The molecule has 0 saturated carbocycles. The fourth-order valence-corrected chi connectivity index (χ4v) is 2.57. The minimum atomic E-state index is 0.0882. The first-order valence-corrected chi connectivity index (χ1v) is 7.37. The van der Waals surface area contributed by atoms with E-state index in [0.717, 1.165) is 5.56 Å². The third-order valence-electron chi connectivity index (χ3n) is 3.61. The van der Waals surface area contributed by atoms with Crippen LogP contribution in [-0.4, -0.2) is 28.3 Å². The maximum Gasteiger partial charge on any atom is 0.134 e. The summed E-state index contributed by atoms with van der Waals surface area (Å²) in [6, 6.07) is 15.6. The van der Waals surface area contributed by atoms with E-state index < -0.39 is 0 Å². The number of rotatable bonds is 6. The highest BCUT2D eigenvalue weighted by molar-refractivity contribution is 6.32. The zero-order valence-electron chi connectivity index (χ0n) is 12.0. The summed E-state index contributed by atoms with van der Waals surface area (Å²) in [7, 11) is 0. The van der Waals surface area contributed by atoms with Gasteiger partial charge in [-0.3, -0.25) is 4.90 Å². The average Bonchev–Trinajstić information content (AvgIpc) is 2.50. The summed E-state index contributed by atoms with van der Waals surface area (Å²) in [5.74, 6) is 0.0882. The molecule has 0 heterocycles. The molecule has 0 aliphatic heterocycles. The highest BCUT2D eigenvalue weighted by Crippen LogP contribution is 2.26. The summed E-state index contributed by atoms with van der Waals surface area (Å²) in [5, 5.41) is 19.1. The molecule has 0 bridgehead atoms. The predicted octanol–water partition coefficient (Wildman–Crippen LogP) is 3.60. The molecule has 21 heavy (non-hydrogen) atoms. The number of phenols is 1. The summed E-state index contributed by atoms with van der Waals surface area (Å²) < 4.78 is 0. The number of aliphatic hydroxyl groups excluding tert-OH is 1. The molecule has 2 aromatic carbocycles. The van der Waals surface area contributed by atoms with Gasteiger partial charge in [-0.2, -0.15) is 0 Å². The summed E-state index contributed by atoms with van der Waals surface area (Å²) in [6.45, 7) is 3.46. The van der Waals surface area contributed by atoms with Crippen LogP contribution in [-0.2, 0) is 6.54 Å². The van der Waals surface area contributed by atoms with Gasteiger partial charge in [0.05, 0.1) is 11.6 Å². The highest BCUT2D eigenvalue weighted by atomic mass is 35.5. The number of aromatic hydroxyl groups is 1. The van der Waals surface area contributed by atoms with E-state index in [9.17, 15) is 10.2 Å². The number of aliphatic hydroxyl groups is 1. The van der Waals surface area contributed by atoms with Crippen molar-refractivity contribution in [3.05, 3.63) is 64.7 Å². The van der Waals surface area contributed by atoms with E-state index in [-0.39, 0.29) is 18.4 Å². The molecule has 2 rings (SSSR count). The number of benzene rings is 2. The van der Waals surface area contributed by atoms with Crippen LogP contribution in [0.5, 0.6) is 5.75 Å². The normalized spacial score (nSPS) is 12.6. The Morgan fingerprint density at radius 1 is 1.14 bits per heavy atom. The van der Waals surface area contributed by atoms with Gasteiger partial charge in [0, 0.05) is 19.1 Å². The predicted molar refractivity (Wildman–Crippen MR) is 85.5 cm³/mol. The van der Waals surface area contributed by atoms with Crippen molar-refractivity contribution in [3.8, 4) is 5.75 Å². The van der Waals surface area contributed by atoms with Gasteiger partial charge >= 0.3 is 0 Å². The monoisotopic (exact) mass is 305 g/mol. The van der Waals surface area contributed by atoms with Crippen molar-refractivity contribution in [2.75, 3.05) is 13.2 Å². The summed E-state index contributed by atoms with van der Waals surface area (Å²) in [5.41, 5.74) is 2.21. The lowest BCUT2D eigenvalue weighted by Crippen LogP contribution is -2.29. The zero-order chi connectivity index (χ0) is 15.2. The van der Waals surface area contributed by atoms with Crippen molar-refractivity contribution in [3.63, 3.8) is 0 Å². The fraction of sp³-hybridized carbons (Fsp3) is 0.294. The number of hydrogen-bond acceptors (Lipinski definition) is 3. The zero-order valence-corrected chi connectivity index (χ0v) is 12.8. The molecular formula is C17H20ClNO2. The van der Waals surface area contributed by atoms with Crippen LogP contribution in [0.25, 0.3) is 0 Å². The van der Waals surface area contributed by atoms with Crippen LogP contribution < -0.4 is 0 Å². The molecule has 0 fully saturated rings. The third-order valence-corrected chi connectivity index (χ3v) is 3.92. The van der Waals surface area contributed by atoms with E-state index in [4.69, 9.17) is 11.6 Å². The van der Waals surface area contributed by atoms with Crippen molar-refractivity contribution >= 4 is 11.6 Å². The molecule has 0 radical (unpaired) electrons. The Kier molecular flexibility index (Phi) is 5.62. The summed E-state index contributed by atoms with van der Waals surface area (Å²) in [4.78, 5) is 2.18. The van der Waals surface area contributed by atoms with Gasteiger partial charge in [-0.1, -0.05) is 48.0 Å². The summed E-state index contributed by atoms with van der Waals surface area (Å²) >= 11 is 5.95. The fourth-order valence-electron chi connectivity index (χ4n) is 2.36. The van der Waals surface area contributed by atoms with Crippen molar-refractivity contribution in [1.82, 2.24) is 4.90 Å². The van der Waals surface area contributed by atoms with Crippen LogP contribution in [0.4, 0.5) is 0 Å². The second kappa shape index (κ2) is 7.46. The Morgan fingerprint density at radius 3 is 2.48 bits per heavy atom. The second-order valence-electron chi connectivity index (χ2n) is 5.07. The van der Waals surface area contributed by atoms with Crippen molar-refractivity contribution < 1.29 is 10.2 Å². The molecule has 2 N–H and O–H groups in total. The van der Waals surface area contributed by atoms with E-state index >= 15 is 0 Å². The molecule has 0 aliphatic rings. The maximum absolute atomic E-state index is 9.48. The second-order valence-corrected chi connectivity index (χ2v) is 5.47. The molecule has 2 aromatic rings. The molecule has 112 valence electrons. The van der Waals surface area contributed by atoms with Gasteiger partial charge in [-0.05, 0) is 30.2 Å². The van der Waals surface area contributed by atoms with Gasteiger partial charge in [0.2, 0.25) is 0 Å². The smallest absolute Gasteiger partial charge is 0.134 e. The first-order chi connectivity index (χ1) is 10.1. The average molecular weight is 306 g/mol. The van der Waals surface area contributed by atoms with Crippen molar-refractivity contribution in [2.45, 2.75) is 19.5 Å². The van der Waals surface area contributed by atoms with Crippen LogP contribution in [0.15, 0.2) is 48.5 Å². The number of halogens is 1. The van der Waals surface area contributed by atoms with Gasteiger partial charge in [0.1, 0.15) is 5.75 Å². The molecule has 1 atom stereocenters. The Morgan fingerprint density at radius 2 is 1.86 bits per heavy atom. The largest absolute Gasteiger partial charge is 0.506 e. The molecule has 1 unspecified atom stereocenters. The van der Waals surface area contributed by atoms with E-state index in [1.165, 1.54) is 5.56 Å². The maximum atomic E-state index is 9.48. The van der Waals surface area contributed by atoms with Gasteiger partial charge in [-0.25, -0.2) is 0 Å². The van der Waals surface area contributed by atoms with Gasteiger partial charge in [-0.15, -0.1) is 0 Å². The molecule has 0 aromatic heterocycles. The highest BCUT2D eigenvalue weighted by Gasteiger charge is 2.16. The van der Waals surface area contributed by atoms with Crippen molar-refractivity contribution in [1.29, 1.82) is 0 Å². The Balaban J connectivity index is 2.16. The number of nitrogens with zero attached hydrogens (tertiary/aromatic N) is 1. The number of phenolic OH excluding ortho intramolecular Hbond substituents is 1. The molecule has 3 nitrogen and oxygen atoms in total. The summed E-state index contributed by atoms with van der Waals surface area (Å²) in [6.07, 6.45) is 0. The standard InChI is InChI=1S/C17H20ClNO2/c1-13(15-5-3-2-4-6-15)19(9-10-20)12-14-7-8-17(21)16(18)11-14/h2-8,11,13,20-21H,9-10,12H2,1H3. The van der Waals surface area contributed by atoms with E-state index in [2.05, 4.69) is 24.0 Å². The number of hydrogen-bond donors (Lipinski definition) is 2. The SMILES string of the molecule is CC(c1ccccc1)N(CCO)Cc1ccc(O)c(Cl)c1. The van der Waals surface area contributed by atoms with Crippen LogP contribution in [0.1, 0.15) is 24.1 Å². The Labute approximate surface area is 130 Å². The minimum Gasteiger partial charge on any atom is -0.506 e. The van der Waals surface area contributed by atoms with Gasteiger partial charge in [0.25, 0.3) is 0 Å². The lowest BCUT2D eigenvalue weighted by atomic mass is 10.1. The molecule has 0 amide bonds. The van der Waals surface area contributed by atoms with Gasteiger partial charge < -0.3 is 10.2 Å². The van der Waals surface area contributed by atoms with E-state index in [0.29, 0.717) is 18.1 Å². The molecule has 4 heteroatoms. The lowest BCUT2D eigenvalue weighted by Gasteiger charge is -2.29. The quantitative estimate of drug-likeness (QED) is 0.857. The van der Waals surface area contributed by atoms with Crippen LogP contribution in [0.2, 0.25) is 5.02 Å². The lowest BCUT2D eigenvalue weighted by molar-refractivity contribution is 0.151. The third kappa shape index (κ3) is 4.21. The molecule has 0 saturated heterocycles. The Bertz CT molecular complexity index is 574. The topological polar surface area (TPSA) is 43.7 Å². The minimum absolute atomic E-state index is 0.0882. The van der Waals surface area contributed by atoms with E-state index in [1.54, 1.807) is 12.1 Å². The van der Waals surface area contributed by atoms with Crippen LogP contribution >= 0.6 is 11.6 Å². The van der Waals surface area contributed by atoms with Crippen LogP contribution in [0.3, 0.4) is 0 Å². The van der Waals surface area contributed by atoms with Crippen LogP contribution in [0, 0.1) is 0 Å². The molecule has 0 spiro atoms. The van der Waals surface area contributed by atoms with Crippen molar-refractivity contribution in [2.24, 2.45) is 0 Å². The van der Waals surface area contributed by atoms with E-state index in [1.807, 2.05) is 24.3 Å². The molecular weight excluding hydrogens is 286 g/mol.